The van der Waals surface area contributed by atoms with E-state index in [4.69, 9.17) is 0 Å². The number of hydrogen-bond donors (Lipinski definition) is 0. The van der Waals surface area contributed by atoms with Gasteiger partial charge >= 0.3 is 0 Å². The number of piperazine rings is 1. The molecule has 0 aromatic heterocycles. The van der Waals surface area contributed by atoms with Gasteiger partial charge in [-0.25, -0.2) is 0 Å². The smallest absolute Gasteiger partial charge is 0.227 e. The first-order valence-electron chi connectivity index (χ1n) is 8.29. The van der Waals surface area contributed by atoms with Crippen molar-refractivity contribution in [1.29, 1.82) is 0 Å². The van der Waals surface area contributed by atoms with Gasteiger partial charge in [0.1, 0.15) is 0 Å². The molecule has 0 bridgehead atoms. The van der Waals surface area contributed by atoms with Crippen molar-refractivity contribution in [2.75, 3.05) is 39.8 Å². The molecular formula is C16H29N3O. The van der Waals surface area contributed by atoms with E-state index in [1.54, 1.807) is 0 Å². The molecule has 0 aromatic rings. The maximum absolute atomic E-state index is 12.9. The van der Waals surface area contributed by atoms with E-state index in [1.807, 2.05) is 0 Å². The lowest BCUT2D eigenvalue weighted by atomic mass is 9.68. The zero-order chi connectivity index (χ0) is 14.3. The monoisotopic (exact) mass is 279 g/mol. The number of carbonyl (C=O) groups is 1. The highest BCUT2D eigenvalue weighted by Gasteiger charge is 2.54. The highest BCUT2D eigenvalue weighted by molar-refractivity contribution is 5.81. The summed E-state index contributed by atoms with van der Waals surface area (Å²) in [5.41, 5.74) is 0.228. The number of amides is 1. The van der Waals surface area contributed by atoms with Crippen LogP contribution in [0.3, 0.4) is 0 Å². The topological polar surface area (TPSA) is 26.8 Å². The molecule has 0 aromatic carbocycles. The lowest BCUT2D eigenvalue weighted by Gasteiger charge is -2.49. The van der Waals surface area contributed by atoms with Crippen molar-refractivity contribution in [2.24, 2.45) is 5.92 Å². The molecule has 1 atom stereocenters. The van der Waals surface area contributed by atoms with Gasteiger partial charge in [0.05, 0.1) is 5.92 Å². The van der Waals surface area contributed by atoms with Crippen LogP contribution in [0, 0.1) is 5.92 Å². The molecule has 2 saturated heterocycles. The van der Waals surface area contributed by atoms with Crippen LogP contribution < -0.4 is 0 Å². The predicted octanol–water partition coefficient (Wildman–Crippen LogP) is 1.41. The van der Waals surface area contributed by atoms with E-state index in [2.05, 4.69) is 35.6 Å². The Labute approximate surface area is 123 Å². The van der Waals surface area contributed by atoms with Crippen molar-refractivity contribution in [3.8, 4) is 0 Å². The second-order valence-electron chi connectivity index (χ2n) is 7.17. The molecule has 1 saturated carbocycles. The Balaban J connectivity index is 1.62. The standard InChI is InChI=1S/C16H29N3O/c1-13(2)18-9-11-19(12-10-18)15(20)14-5-8-17(3)16(14)6-4-7-16/h13-14H,4-12H2,1-3H3. The average Bonchev–Trinajstić information content (AvgIpc) is 2.75. The van der Waals surface area contributed by atoms with Crippen LogP contribution in [0.1, 0.15) is 39.5 Å². The molecule has 1 amide bonds. The Kier molecular flexibility index (Phi) is 3.80. The molecule has 3 fully saturated rings. The van der Waals surface area contributed by atoms with E-state index >= 15 is 0 Å². The number of likely N-dealkylation sites (tertiary alicyclic amines) is 1. The van der Waals surface area contributed by atoms with Crippen LogP contribution in [0.25, 0.3) is 0 Å². The summed E-state index contributed by atoms with van der Waals surface area (Å²) in [4.78, 5) is 20.0. The third kappa shape index (κ3) is 2.17. The Morgan fingerprint density at radius 3 is 2.25 bits per heavy atom. The second-order valence-corrected chi connectivity index (χ2v) is 7.17. The van der Waals surface area contributed by atoms with Crippen LogP contribution in [-0.2, 0) is 4.79 Å². The SMILES string of the molecule is CC(C)N1CCN(C(=O)C2CCN(C)C23CCC3)CC1. The third-order valence-electron chi connectivity index (χ3n) is 6.04. The summed E-state index contributed by atoms with van der Waals surface area (Å²) in [7, 11) is 2.21. The number of carbonyl (C=O) groups excluding carboxylic acids is 1. The fraction of sp³-hybridized carbons (Fsp3) is 0.938. The van der Waals surface area contributed by atoms with Gasteiger partial charge in [0, 0.05) is 37.8 Å². The average molecular weight is 279 g/mol. The maximum Gasteiger partial charge on any atom is 0.227 e. The summed E-state index contributed by atoms with van der Waals surface area (Å²) >= 11 is 0. The first-order valence-corrected chi connectivity index (χ1v) is 8.29. The van der Waals surface area contributed by atoms with Gasteiger partial charge in [-0.1, -0.05) is 0 Å². The van der Waals surface area contributed by atoms with Crippen LogP contribution >= 0.6 is 0 Å². The molecule has 3 aliphatic rings. The highest BCUT2D eigenvalue weighted by atomic mass is 16.2. The van der Waals surface area contributed by atoms with Gasteiger partial charge in [0.2, 0.25) is 5.91 Å². The summed E-state index contributed by atoms with van der Waals surface area (Å²) < 4.78 is 0. The molecule has 4 heteroatoms. The third-order valence-corrected chi connectivity index (χ3v) is 6.04. The first kappa shape index (κ1) is 14.3. The van der Waals surface area contributed by atoms with Crippen LogP contribution in [0.15, 0.2) is 0 Å². The Morgan fingerprint density at radius 2 is 1.75 bits per heavy atom. The lowest BCUT2D eigenvalue weighted by Crippen LogP contribution is -2.58. The molecule has 20 heavy (non-hydrogen) atoms. The summed E-state index contributed by atoms with van der Waals surface area (Å²) in [5, 5.41) is 0. The zero-order valence-corrected chi connectivity index (χ0v) is 13.3. The summed E-state index contributed by atoms with van der Waals surface area (Å²) in [6.07, 6.45) is 4.83. The number of nitrogens with zero attached hydrogens (tertiary/aromatic N) is 3. The van der Waals surface area contributed by atoms with Gasteiger partial charge in [-0.05, 0) is 53.1 Å². The predicted molar refractivity (Wildman–Crippen MR) is 80.6 cm³/mol. The molecule has 2 heterocycles. The van der Waals surface area contributed by atoms with E-state index in [-0.39, 0.29) is 11.5 Å². The van der Waals surface area contributed by atoms with Crippen molar-refractivity contribution in [3.63, 3.8) is 0 Å². The van der Waals surface area contributed by atoms with E-state index in [1.165, 1.54) is 19.3 Å². The summed E-state index contributed by atoms with van der Waals surface area (Å²) in [6, 6.07) is 0.600. The Hall–Kier alpha value is -0.610. The van der Waals surface area contributed by atoms with Gasteiger partial charge in [-0.2, -0.15) is 0 Å². The quantitative estimate of drug-likeness (QED) is 0.765. The van der Waals surface area contributed by atoms with Crippen LogP contribution in [-0.4, -0.2) is 72.0 Å². The van der Waals surface area contributed by atoms with Gasteiger partial charge in [0.15, 0.2) is 0 Å². The maximum atomic E-state index is 12.9. The number of rotatable bonds is 2. The van der Waals surface area contributed by atoms with Crippen molar-refractivity contribution >= 4 is 5.91 Å². The fourth-order valence-electron chi connectivity index (χ4n) is 4.38. The van der Waals surface area contributed by atoms with Gasteiger partial charge < -0.3 is 4.90 Å². The van der Waals surface area contributed by atoms with Crippen LogP contribution in [0.5, 0.6) is 0 Å². The zero-order valence-electron chi connectivity index (χ0n) is 13.3. The summed E-state index contributed by atoms with van der Waals surface area (Å²) in [6.45, 7) is 9.51. The van der Waals surface area contributed by atoms with Gasteiger partial charge in [-0.15, -0.1) is 0 Å². The molecule has 2 aliphatic heterocycles. The van der Waals surface area contributed by atoms with E-state index in [0.717, 1.165) is 39.1 Å². The minimum atomic E-state index is 0.228. The Morgan fingerprint density at radius 1 is 1.10 bits per heavy atom. The summed E-state index contributed by atoms with van der Waals surface area (Å²) in [5.74, 6) is 0.712. The molecular weight excluding hydrogens is 250 g/mol. The molecule has 3 rings (SSSR count). The van der Waals surface area contributed by atoms with Crippen molar-refractivity contribution < 1.29 is 4.79 Å². The van der Waals surface area contributed by atoms with Gasteiger partial charge in [-0.3, -0.25) is 14.6 Å². The van der Waals surface area contributed by atoms with Crippen LogP contribution in [0.4, 0.5) is 0 Å². The normalized spacial score (nSPS) is 31.0. The fourth-order valence-corrected chi connectivity index (χ4v) is 4.38. The largest absolute Gasteiger partial charge is 0.340 e. The lowest BCUT2D eigenvalue weighted by molar-refractivity contribution is -0.142. The number of hydrogen-bond acceptors (Lipinski definition) is 3. The van der Waals surface area contributed by atoms with E-state index < -0.39 is 0 Å². The molecule has 114 valence electrons. The molecule has 0 N–H and O–H groups in total. The van der Waals surface area contributed by atoms with Crippen molar-refractivity contribution in [3.05, 3.63) is 0 Å². The molecule has 0 radical (unpaired) electrons. The van der Waals surface area contributed by atoms with Crippen molar-refractivity contribution in [2.45, 2.75) is 51.1 Å². The second kappa shape index (κ2) is 5.30. The minimum Gasteiger partial charge on any atom is -0.340 e. The highest BCUT2D eigenvalue weighted by Crippen LogP contribution is 2.49. The minimum absolute atomic E-state index is 0.228. The molecule has 4 nitrogen and oxygen atoms in total. The van der Waals surface area contributed by atoms with E-state index in [9.17, 15) is 4.79 Å². The van der Waals surface area contributed by atoms with E-state index in [0.29, 0.717) is 11.9 Å². The van der Waals surface area contributed by atoms with Crippen LogP contribution in [0.2, 0.25) is 0 Å². The van der Waals surface area contributed by atoms with Crippen molar-refractivity contribution in [1.82, 2.24) is 14.7 Å². The molecule has 1 aliphatic carbocycles. The molecule has 1 unspecified atom stereocenters. The van der Waals surface area contributed by atoms with Gasteiger partial charge in [0.25, 0.3) is 0 Å². The Bertz CT molecular complexity index is 370. The first-order chi connectivity index (χ1) is 9.54. The molecule has 1 spiro atoms.